The molecule has 2 heteroatoms. The molecular weight excluding hydrogens is 316 g/mol. The first kappa shape index (κ1) is 14.7. The van der Waals surface area contributed by atoms with Crippen molar-refractivity contribution in [3.63, 3.8) is 0 Å². The Hall–Kier alpha value is -0.730. The molecule has 0 atom stereocenters. The zero-order valence-corrected chi connectivity index (χ0v) is 14.0. The molecule has 19 heavy (non-hydrogen) atoms. The molecule has 2 aromatic carbocycles. The lowest BCUT2D eigenvalue weighted by Gasteiger charge is -2.17. The van der Waals surface area contributed by atoms with Gasteiger partial charge in [-0.05, 0) is 28.8 Å². The summed E-state index contributed by atoms with van der Waals surface area (Å²) in [6.45, 7) is 6.72. The molecule has 0 N–H and O–H groups in total. The van der Waals surface area contributed by atoms with E-state index in [0.29, 0.717) is 0 Å². The van der Waals surface area contributed by atoms with E-state index in [0.717, 1.165) is 5.33 Å². The van der Waals surface area contributed by atoms with Gasteiger partial charge in [-0.1, -0.05) is 73.1 Å². The number of benzene rings is 2. The van der Waals surface area contributed by atoms with Gasteiger partial charge in [-0.25, -0.2) is 0 Å². The molecule has 0 aliphatic heterocycles. The van der Waals surface area contributed by atoms with E-state index >= 15 is 0 Å². The predicted octanol–water partition coefficient (Wildman–Crippen LogP) is 6.14. The fraction of sp³-hybridized carbons (Fsp3) is 0.294. The lowest BCUT2D eigenvalue weighted by Crippen LogP contribution is -2.06. The number of hydrogen-bond donors (Lipinski definition) is 0. The first-order chi connectivity index (χ1) is 8.98. The van der Waals surface area contributed by atoms with Gasteiger partial charge in [-0.3, -0.25) is 0 Å². The minimum Gasteiger partial charge on any atom is -0.120 e. The summed E-state index contributed by atoms with van der Waals surface area (Å²) in [6.07, 6.45) is 0. The van der Waals surface area contributed by atoms with E-state index in [9.17, 15) is 0 Å². The molecule has 2 rings (SSSR count). The van der Waals surface area contributed by atoms with Crippen LogP contribution in [0.5, 0.6) is 0 Å². The van der Waals surface area contributed by atoms with Crippen LogP contribution in [0.4, 0.5) is 0 Å². The van der Waals surface area contributed by atoms with Crippen LogP contribution in [0.2, 0.25) is 0 Å². The second-order valence-corrected chi connectivity index (χ2v) is 8.03. The highest BCUT2D eigenvalue weighted by Crippen LogP contribution is 2.33. The van der Waals surface area contributed by atoms with Crippen molar-refractivity contribution < 1.29 is 0 Å². The van der Waals surface area contributed by atoms with Gasteiger partial charge in [0.2, 0.25) is 0 Å². The lowest BCUT2D eigenvalue weighted by molar-refractivity contribution is 0.803. The molecule has 0 amide bonds. The van der Waals surface area contributed by atoms with E-state index < -0.39 is 0 Å². The molecule has 100 valence electrons. The number of hydrogen-bond acceptors (Lipinski definition) is 1. The molecule has 0 aromatic heterocycles. The summed E-state index contributed by atoms with van der Waals surface area (Å²) < 4.78 is 0.263. The summed E-state index contributed by atoms with van der Waals surface area (Å²) in [4.78, 5) is 1.33. The van der Waals surface area contributed by atoms with Crippen LogP contribution in [0.15, 0.2) is 53.4 Å². The third-order valence-electron chi connectivity index (χ3n) is 2.72. The van der Waals surface area contributed by atoms with Crippen LogP contribution in [-0.4, -0.2) is 4.75 Å². The standard InChI is InChI=1S/C17H19BrS/c1-17(2,3)19-16-10-8-15(9-11-16)14-6-4-13(12-18)5-7-14/h4-11H,12H2,1-3H3. The zero-order chi connectivity index (χ0) is 13.9. The molecule has 0 unspecified atom stereocenters. The highest BCUT2D eigenvalue weighted by Gasteiger charge is 2.11. The second kappa shape index (κ2) is 6.15. The Balaban J connectivity index is 2.17. The lowest BCUT2D eigenvalue weighted by atomic mass is 10.0. The number of alkyl halides is 1. The van der Waals surface area contributed by atoms with Crippen LogP contribution in [0.25, 0.3) is 11.1 Å². The van der Waals surface area contributed by atoms with E-state index in [1.54, 1.807) is 0 Å². The number of rotatable bonds is 3. The summed E-state index contributed by atoms with van der Waals surface area (Å²) >= 11 is 5.38. The van der Waals surface area contributed by atoms with Gasteiger partial charge in [0.05, 0.1) is 0 Å². The molecule has 0 spiro atoms. The van der Waals surface area contributed by atoms with E-state index in [1.165, 1.54) is 21.6 Å². The van der Waals surface area contributed by atoms with Crippen molar-refractivity contribution in [3.05, 3.63) is 54.1 Å². The Labute approximate surface area is 128 Å². The van der Waals surface area contributed by atoms with Gasteiger partial charge in [0.1, 0.15) is 0 Å². The Kier molecular flexibility index (Phi) is 4.75. The van der Waals surface area contributed by atoms with E-state index in [1.807, 2.05) is 11.8 Å². The van der Waals surface area contributed by atoms with Gasteiger partial charge in [-0.15, -0.1) is 11.8 Å². The molecule has 0 aliphatic carbocycles. The maximum Gasteiger partial charge on any atom is 0.0283 e. The average Bonchev–Trinajstić information content (AvgIpc) is 2.38. The van der Waals surface area contributed by atoms with Crippen molar-refractivity contribution in [1.29, 1.82) is 0 Å². The highest BCUT2D eigenvalue weighted by atomic mass is 79.9. The van der Waals surface area contributed by atoms with Crippen molar-refractivity contribution in [2.24, 2.45) is 0 Å². The summed E-state index contributed by atoms with van der Waals surface area (Å²) in [5.41, 5.74) is 3.86. The summed E-state index contributed by atoms with van der Waals surface area (Å²) in [6, 6.07) is 17.5. The van der Waals surface area contributed by atoms with Crippen LogP contribution < -0.4 is 0 Å². The number of halogens is 1. The number of thioether (sulfide) groups is 1. The van der Waals surface area contributed by atoms with Gasteiger partial charge in [0.15, 0.2) is 0 Å². The third kappa shape index (κ3) is 4.39. The second-order valence-electron chi connectivity index (χ2n) is 5.57. The Morgan fingerprint density at radius 3 is 1.74 bits per heavy atom. The van der Waals surface area contributed by atoms with Crippen molar-refractivity contribution in [2.45, 2.75) is 35.7 Å². The van der Waals surface area contributed by atoms with E-state index in [-0.39, 0.29) is 4.75 Å². The largest absolute Gasteiger partial charge is 0.120 e. The van der Waals surface area contributed by atoms with Gasteiger partial charge in [0, 0.05) is 15.0 Å². The summed E-state index contributed by atoms with van der Waals surface area (Å²) in [5.74, 6) is 0. The molecule has 0 heterocycles. The van der Waals surface area contributed by atoms with Crippen LogP contribution in [0.3, 0.4) is 0 Å². The Bertz CT molecular complexity index is 521. The molecule has 0 nitrogen and oxygen atoms in total. The zero-order valence-electron chi connectivity index (χ0n) is 11.6. The highest BCUT2D eigenvalue weighted by molar-refractivity contribution is 9.08. The van der Waals surface area contributed by atoms with Gasteiger partial charge >= 0.3 is 0 Å². The van der Waals surface area contributed by atoms with Crippen molar-refractivity contribution >= 4 is 27.7 Å². The maximum atomic E-state index is 3.47. The van der Waals surface area contributed by atoms with Crippen LogP contribution in [-0.2, 0) is 5.33 Å². The van der Waals surface area contributed by atoms with Crippen molar-refractivity contribution in [1.82, 2.24) is 0 Å². The van der Waals surface area contributed by atoms with Gasteiger partial charge in [-0.2, -0.15) is 0 Å². The molecule has 0 fully saturated rings. The SMILES string of the molecule is CC(C)(C)Sc1ccc(-c2ccc(CBr)cc2)cc1. The third-order valence-corrected chi connectivity index (χ3v) is 4.49. The summed E-state index contributed by atoms with van der Waals surface area (Å²) in [5, 5.41) is 0.911. The fourth-order valence-electron chi connectivity index (χ4n) is 1.86. The molecule has 0 radical (unpaired) electrons. The molecular formula is C17H19BrS. The Morgan fingerprint density at radius 1 is 0.842 bits per heavy atom. The monoisotopic (exact) mass is 334 g/mol. The quantitative estimate of drug-likeness (QED) is 0.479. The van der Waals surface area contributed by atoms with Crippen LogP contribution >= 0.6 is 27.7 Å². The minimum atomic E-state index is 0.263. The topological polar surface area (TPSA) is 0 Å². The predicted molar refractivity (Wildman–Crippen MR) is 90.1 cm³/mol. The first-order valence-corrected chi connectivity index (χ1v) is 8.36. The molecule has 0 saturated heterocycles. The maximum absolute atomic E-state index is 3.47. The van der Waals surface area contributed by atoms with E-state index in [4.69, 9.17) is 0 Å². The molecule has 0 bridgehead atoms. The van der Waals surface area contributed by atoms with E-state index in [2.05, 4.69) is 85.2 Å². The van der Waals surface area contributed by atoms with Crippen molar-refractivity contribution in [3.8, 4) is 11.1 Å². The summed E-state index contributed by atoms with van der Waals surface area (Å²) in [7, 11) is 0. The Morgan fingerprint density at radius 2 is 1.32 bits per heavy atom. The first-order valence-electron chi connectivity index (χ1n) is 6.42. The fourth-order valence-corrected chi connectivity index (χ4v) is 3.21. The van der Waals surface area contributed by atoms with Crippen LogP contribution in [0, 0.1) is 0 Å². The van der Waals surface area contributed by atoms with Gasteiger partial charge in [0.25, 0.3) is 0 Å². The smallest absolute Gasteiger partial charge is 0.0283 e. The van der Waals surface area contributed by atoms with Crippen molar-refractivity contribution in [2.75, 3.05) is 0 Å². The average molecular weight is 335 g/mol. The minimum absolute atomic E-state index is 0.263. The molecule has 0 saturated carbocycles. The van der Waals surface area contributed by atoms with Gasteiger partial charge < -0.3 is 0 Å². The molecule has 0 aliphatic rings. The molecule has 2 aromatic rings. The van der Waals surface area contributed by atoms with Crippen LogP contribution in [0.1, 0.15) is 26.3 Å². The normalized spacial score (nSPS) is 11.6.